The number of nitrogens with one attached hydrogen (secondary N) is 1. The minimum atomic E-state index is -0.822. The molecule has 0 aromatic heterocycles. The summed E-state index contributed by atoms with van der Waals surface area (Å²) in [5.41, 5.74) is 3.15. The van der Waals surface area contributed by atoms with Crippen LogP contribution in [-0.2, 0) is 6.42 Å². The molecular weight excluding hydrogens is 501 g/mol. The van der Waals surface area contributed by atoms with Gasteiger partial charge >= 0.3 is 0 Å². The van der Waals surface area contributed by atoms with Crippen LogP contribution in [0.5, 0.6) is 0 Å². The highest BCUT2D eigenvalue weighted by Crippen LogP contribution is 2.31. The minimum absolute atomic E-state index is 0.0176. The van der Waals surface area contributed by atoms with Crippen molar-refractivity contribution in [3.63, 3.8) is 0 Å². The Morgan fingerprint density at radius 3 is 2.44 bits per heavy atom. The van der Waals surface area contributed by atoms with E-state index < -0.39 is 16.6 Å². The largest absolute Gasteiger partial charge is 0.339 e. The number of nitro benzene ring substituents is 1. The van der Waals surface area contributed by atoms with Crippen LogP contribution >= 0.6 is 0 Å². The first-order valence-electron chi connectivity index (χ1n) is 13.0. The number of nitro groups is 1. The fraction of sp³-hybridized carbons (Fsp3) is 0.300. The van der Waals surface area contributed by atoms with Crippen molar-refractivity contribution in [1.29, 1.82) is 0 Å². The van der Waals surface area contributed by atoms with Crippen LogP contribution in [0.4, 0.5) is 15.8 Å². The van der Waals surface area contributed by atoms with Gasteiger partial charge in [-0.3, -0.25) is 24.5 Å². The molecule has 3 aromatic rings. The Balaban J connectivity index is 1.20. The standard InChI is InChI=1S/C30H28FN3O5/c1-18-26(34(38)39)12-11-25(31)28(18)29(36)32-23-8-5-19(6-9-23)20-13-15-33(16-14-20)30(37)22-7-10-24-21(17-22)3-2-4-27(24)35/h5-12,17,20H,2-4,13-16H2,1H3,(H,32,36). The molecule has 8 nitrogen and oxygen atoms in total. The molecule has 1 heterocycles. The number of likely N-dealkylation sites (tertiary alicyclic amines) is 1. The quantitative estimate of drug-likeness (QED) is 0.330. The maximum atomic E-state index is 14.3. The summed E-state index contributed by atoms with van der Waals surface area (Å²) in [4.78, 5) is 50.3. The summed E-state index contributed by atoms with van der Waals surface area (Å²) in [5.74, 6) is -1.20. The number of piperidine rings is 1. The molecule has 0 bridgehead atoms. The molecule has 39 heavy (non-hydrogen) atoms. The smallest absolute Gasteiger partial charge is 0.273 e. The second kappa shape index (κ2) is 10.8. The number of ketones is 1. The zero-order chi connectivity index (χ0) is 27.7. The van der Waals surface area contributed by atoms with Gasteiger partial charge in [0, 0.05) is 48.0 Å². The van der Waals surface area contributed by atoms with Gasteiger partial charge < -0.3 is 10.2 Å². The Hall–Kier alpha value is -4.40. The SMILES string of the molecule is Cc1c([N+](=O)[O-])ccc(F)c1C(=O)Nc1ccc(C2CCN(C(=O)c3ccc4c(c3)CCCC4=O)CC2)cc1. The lowest BCUT2D eigenvalue weighted by Crippen LogP contribution is -2.38. The van der Waals surface area contributed by atoms with Gasteiger partial charge in [-0.2, -0.15) is 0 Å². The Morgan fingerprint density at radius 1 is 1.03 bits per heavy atom. The number of nitrogens with zero attached hydrogens (tertiary/aromatic N) is 2. The second-order valence-corrected chi connectivity index (χ2v) is 10.1. The molecule has 1 N–H and O–H groups in total. The summed E-state index contributed by atoms with van der Waals surface area (Å²) in [6.45, 7) is 2.58. The molecule has 1 saturated heterocycles. The molecule has 0 saturated carbocycles. The van der Waals surface area contributed by atoms with E-state index in [1.54, 1.807) is 24.3 Å². The molecule has 1 aliphatic carbocycles. The van der Waals surface area contributed by atoms with Gasteiger partial charge in [0.25, 0.3) is 17.5 Å². The molecule has 1 fully saturated rings. The molecule has 1 aliphatic heterocycles. The fourth-order valence-corrected chi connectivity index (χ4v) is 5.55. The predicted octanol–water partition coefficient (Wildman–Crippen LogP) is 5.83. The van der Waals surface area contributed by atoms with E-state index >= 15 is 0 Å². The average molecular weight is 530 g/mol. The molecule has 5 rings (SSSR count). The number of carbonyl (C=O) groups excluding carboxylic acids is 3. The minimum Gasteiger partial charge on any atom is -0.339 e. The maximum Gasteiger partial charge on any atom is 0.273 e. The molecule has 0 spiro atoms. The number of fused-ring (bicyclic) bond motifs is 1. The average Bonchev–Trinajstić information content (AvgIpc) is 2.93. The Kier molecular flexibility index (Phi) is 7.24. The topological polar surface area (TPSA) is 110 Å². The summed E-state index contributed by atoms with van der Waals surface area (Å²) in [7, 11) is 0. The Labute approximate surface area is 225 Å². The second-order valence-electron chi connectivity index (χ2n) is 10.1. The van der Waals surface area contributed by atoms with E-state index in [0.717, 1.165) is 54.5 Å². The lowest BCUT2D eigenvalue weighted by molar-refractivity contribution is -0.385. The fourth-order valence-electron chi connectivity index (χ4n) is 5.55. The molecule has 0 atom stereocenters. The number of hydrogen-bond donors (Lipinski definition) is 1. The van der Waals surface area contributed by atoms with Gasteiger partial charge in [-0.15, -0.1) is 0 Å². The Morgan fingerprint density at radius 2 is 1.74 bits per heavy atom. The third-order valence-corrected chi connectivity index (χ3v) is 7.73. The van der Waals surface area contributed by atoms with Gasteiger partial charge in [0.1, 0.15) is 5.82 Å². The van der Waals surface area contributed by atoms with E-state index in [4.69, 9.17) is 0 Å². The van der Waals surface area contributed by atoms with Crippen molar-refractivity contribution in [2.75, 3.05) is 18.4 Å². The molecule has 9 heteroatoms. The van der Waals surface area contributed by atoms with Crippen LogP contribution in [0, 0.1) is 22.9 Å². The molecular formula is C30H28FN3O5. The summed E-state index contributed by atoms with van der Waals surface area (Å²) >= 11 is 0. The molecule has 0 unspecified atom stereocenters. The van der Waals surface area contributed by atoms with Crippen LogP contribution < -0.4 is 5.32 Å². The number of rotatable bonds is 5. The number of Topliss-reactive ketones (excluding diaryl/α,β-unsaturated/α-hetero) is 1. The van der Waals surface area contributed by atoms with Crippen LogP contribution in [0.2, 0.25) is 0 Å². The normalized spacial score (nSPS) is 15.5. The Bertz CT molecular complexity index is 1480. The first kappa shape index (κ1) is 26.2. The lowest BCUT2D eigenvalue weighted by atomic mass is 9.88. The van der Waals surface area contributed by atoms with E-state index in [2.05, 4.69) is 5.32 Å². The molecule has 200 valence electrons. The highest BCUT2D eigenvalue weighted by Gasteiger charge is 2.27. The zero-order valence-corrected chi connectivity index (χ0v) is 21.5. The van der Waals surface area contributed by atoms with E-state index in [1.165, 1.54) is 6.92 Å². The van der Waals surface area contributed by atoms with Crippen LogP contribution in [0.3, 0.4) is 0 Å². The number of aryl methyl sites for hydroxylation is 1. The number of carbonyl (C=O) groups is 3. The van der Waals surface area contributed by atoms with Crippen molar-refractivity contribution in [2.45, 2.75) is 44.9 Å². The number of anilines is 1. The highest BCUT2D eigenvalue weighted by molar-refractivity contribution is 6.06. The van der Waals surface area contributed by atoms with Gasteiger partial charge in [0.2, 0.25) is 0 Å². The summed E-state index contributed by atoms with van der Waals surface area (Å²) in [6, 6.07) is 14.6. The molecule has 2 aliphatic rings. The molecule has 0 radical (unpaired) electrons. The maximum absolute atomic E-state index is 14.3. The van der Waals surface area contributed by atoms with E-state index in [-0.39, 0.29) is 34.4 Å². The van der Waals surface area contributed by atoms with E-state index in [1.807, 2.05) is 23.1 Å². The van der Waals surface area contributed by atoms with Gasteiger partial charge in [-0.1, -0.05) is 18.2 Å². The van der Waals surface area contributed by atoms with Crippen LogP contribution in [-0.4, -0.2) is 40.5 Å². The molecule has 3 aromatic carbocycles. The van der Waals surface area contributed by atoms with Crippen LogP contribution in [0.15, 0.2) is 54.6 Å². The third kappa shape index (κ3) is 5.30. The van der Waals surface area contributed by atoms with Gasteiger partial charge in [0.05, 0.1) is 10.5 Å². The lowest BCUT2D eigenvalue weighted by Gasteiger charge is -2.32. The van der Waals surface area contributed by atoms with Gasteiger partial charge in [0.15, 0.2) is 5.78 Å². The highest BCUT2D eigenvalue weighted by atomic mass is 19.1. The van der Waals surface area contributed by atoms with Crippen LogP contribution in [0.25, 0.3) is 0 Å². The molecule has 2 amide bonds. The van der Waals surface area contributed by atoms with E-state index in [0.29, 0.717) is 30.8 Å². The number of hydrogen-bond acceptors (Lipinski definition) is 5. The first-order chi connectivity index (χ1) is 18.7. The van der Waals surface area contributed by atoms with Gasteiger partial charge in [-0.25, -0.2) is 4.39 Å². The van der Waals surface area contributed by atoms with E-state index in [9.17, 15) is 28.9 Å². The number of halogens is 1. The van der Waals surface area contributed by atoms with Crippen molar-refractivity contribution in [3.8, 4) is 0 Å². The third-order valence-electron chi connectivity index (χ3n) is 7.73. The van der Waals surface area contributed by atoms with Crippen molar-refractivity contribution in [1.82, 2.24) is 4.90 Å². The van der Waals surface area contributed by atoms with Crippen molar-refractivity contribution in [2.24, 2.45) is 0 Å². The van der Waals surface area contributed by atoms with Crippen LogP contribution in [0.1, 0.15) is 79.4 Å². The summed E-state index contributed by atoms with van der Waals surface area (Å²) < 4.78 is 14.3. The predicted molar refractivity (Wildman–Crippen MR) is 144 cm³/mol. The van der Waals surface area contributed by atoms with Crippen molar-refractivity contribution >= 4 is 29.0 Å². The number of benzene rings is 3. The van der Waals surface area contributed by atoms with Crippen molar-refractivity contribution < 1.29 is 23.7 Å². The summed E-state index contributed by atoms with van der Waals surface area (Å²) in [6.07, 6.45) is 3.79. The monoisotopic (exact) mass is 529 g/mol. The van der Waals surface area contributed by atoms with Gasteiger partial charge in [-0.05, 0) is 80.0 Å². The van der Waals surface area contributed by atoms with Crippen molar-refractivity contribution in [3.05, 3.63) is 104 Å². The number of amides is 2. The summed E-state index contributed by atoms with van der Waals surface area (Å²) in [5, 5.41) is 13.8. The first-order valence-corrected chi connectivity index (χ1v) is 13.0. The zero-order valence-electron chi connectivity index (χ0n) is 21.5.